The van der Waals surface area contributed by atoms with E-state index in [4.69, 9.17) is 4.74 Å². The first-order valence-electron chi connectivity index (χ1n) is 13.3. The van der Waals surface area contributed by atoms with Crippen molar-refractivity contribution in [2.45, 2.75) is 78.5 Å². The normalized spacial score (nSPS) is 17.1. The van der Waals surface area contributed by atoms with Gasteiger partial charge in [0.25, 0.3) is 5.91 Å². The Labute approximate surface area is 221 Å². The number of ether oxygens (including phenoxy) is 1. The predicted octanol–water partition coefficient (Wildman–Crippen LogP) is 5.79. The fraction of sp³-hybridized carbons (Fsp3) is 0.464. The molecular weight excluding hydrogens is 484 g/mol. The van der Waals surface area contributed by atoms with Crippen LogP contribution in [0.15, 0.2) is 30.9 Å². The topological polar surface area (TPSA) is 94.8 Å². The Hall–Kier alpha value is -3.17. The minimum absolute atomic E-state index is 0.0236. The molecule has 4 aromatic rings. The third-order valence-corrected chi connectivity index (χ3v) is 8.15. The molecule has 1 amide bonds. The number of nitrogens with zero attached hydrogens (tertiary/aromatic N) is 5. The van der Waals surface area contributed by atoms with Gasteiger partial charge >= 0.3 is 0 Å². The van der Waals surface area contributed by atoms with Crippen molar-refractivity contribution in [1.29, 1.82) is 0 Å². The van der Waals surface area contributed by atoms with Crippen LogP contribution in [0.5, 0.6) is 0 Å². The number of fused-ring (bicyclic) bond motifs is 2. The van der Waals surface area contributed by atoms with Gasteiger partial charge in [-0.2, -0.15) is 5.10 Å². The molecule has 0 saturated carbocycles. The zero-order chi connectivity index (χ0) is 25.8. The summed E-state index contributed by atoms with van der Waals surface area (Å²) in [5.41, 5.74) is 5.67. The van der Waals surface area contributed by atoms with E-state index >= 15 is 0 Å². The highest BCUT2D eigenvalue weighted by molar-refractivity contribution is 7.14. The number of nitrogens with one attached hydrogen (secondary N) is 1. The van der Waals surface area contributed by atoms with Crippen molar-refractivity contribution in [3.05, 3.63) is 57.4 Å². The number of aromatic nitrogens is 5. The molecule has 1 aliphatic carbocycles. The lowest BCUT2D eigenvalue weighted by Gasteiger charge is -2.22. The Bertz CT molecular complexity index is 1370. The van der Waals surface area contributed by atoms with Crippen molar-refractivity contribution < 1.29 is 9.53 Å². The third-order valence-electron chi connectivity index (χ3n) is 6.92. The molecule has 0 spiro atoms. The van der Waals surface area contributed by atoms with E-state index in [1.807, 2.05) is 37.8 Å². The molecule has 4 aromatic heterocycles. The summed E-state index contributed by atoms with van der Waals surface area (Å²) in [5.74, 6) is -0.0236. The van der Waals surface area contributed by atoms with Crippen molar-refractivity contribution in [2.24, 2.45) is 0 Å². The molecule has 2 aliphatic rings. The van der Waals surface area contributed by atoms with Gasteiger partial charge in [-0.05, 0) is 75.1 Å². The second-order valence-electron chi connectivity index (χ2n) is 9.31. The number of hydrogen-bond acceptors (Lipinski definition) is 7. The van der Waals surface area contributed by atoms with E-state index in [-0.39, 0.29) is 12.1 Å². The first-order chi connectivity index (χ1) is 18.2. The van der Waals surface area contributed by atoms with Crippen LogP contribution in [0, 0.1) is 6.92 Å². The lowest BCUT2D eigenvalue weighted by Crippen LogP contribution is -2.23. The number of carbonyl (C=O) groups is 1. The molecule has 0 bridgehead atoms. The summed E-state index contributed by atoms with van der Waals surface area (Å²) in [6.45, 7) is 7.16. The molecule has 0 radical (unpaired) electrons. The lowest BCUT2D eigenvalue weighted by molar-refractivity contribution is -0.0370. The van der Waals surface area contributed by atoms with Crippen molar-refractivity contribution in [3.63, 3.8) is 0 Å². The molecule has 1 unspecified atom stereocenters. The van der Waals surface area contributed by atoms with Crippen LogP contribution in [0.3, 0.4) is 0 Å². The molecular formula is C28H34N6O2S. The van der Waals surface area contributed by atoms with E-state index in [1.54, 1.807) is 17.7 Å². The molecule has 1 atom stereocenters. The smallest absolute Gasteiger partial charge is 0.261 e. The van der Waals surface area contributed by atoms with Gasteiger partial charge in [-0.1, -0.05) is 13.8 Å². The van der Waals surface area contributed by atoms with E-state index in [1.165, 1.54) is 23.3 Å². The highest BCUT2D eigenvalue weighted by Gasteiger charge is 2.21. The molecule has 37 heavy (non-hydrogen) atoms. The maximum Gasteiger partial charge on any atom is 0.261 e. The van der Waals surface area contributed by atoms with Gasteiger partial charge < -0.3 is 10.1 Å². The number of carbonyl (C=O) groups excluding carboxylic acids is 1. The predicted molar refractivity (Wildman–Crippen MR) is 146 cm³/mol. The second-order valence-corrected chi connectivity index (χ2v) is 10.4. The zero-order valence-electron chi connectivity index (χ0n) is 21.8. The molecule has 1 fully saturated rings. The van der Waals surface area contributed by atoms with Crippen LogP contribution in [-0.2, 0) is 24.1 Å². The van der Waals surface area contributed by atoms with E-state index < -0.39 is 0 Å². The summed E-state index contributed by atoms with van der Waals surface area (Å²) >= 11 is 1.63. The van der Waals surface area contributed by atoms with Crippen molar-refractivity contribution in [2.75, 3.05) is 6.61 Å². The van der Waals surface area contributed by atoms with Gasteiger partial charge in [0.05, 0.1) is 34.4 Å². The molecule has 194 valence electrons. The van der Waals surface area contributed by atoms with Crippen LogP contribution >= 0.6 is 11.3 Å². The second kappa shape index (κ2) is 11.5. The Kier molecular flexibility index (Phi) is 7.90. The number of amides is 1. The van der Waals surface area contributed by atoms with E-state index in [0.29, 0.717) is 6.54 Å². The van der Waals surface area contributed by atoms with E-state index in [9.17, 15) is 4.79 Å². The van der Waals surface area contributed by atoms with E-state index in [2.05, 4.69) is 37.5 Å². The number of thiophene rings is 1. The highest BCUT2D eigenvalue weighted by Crippen LogP contribution is 2.31. The summed E-state index contributed by atoms with van der Waals surface area (Å²) in [6, 6.07) is 4.13. The van der Waals surface area contributed by atoms with Crippen LogP contribution in [0.4, 0.5) is 0 Å². The van der Waals surface area contributed by atoms with E-state index in [0.717, 1.165) is 77.1 Å². The Morgan fingerprint density at radius 2 is 1.97 bits per heavy atom. The van der Waals surface area contributed by atoms with Crippen LogP contribution in [0.1, 0.15) is 83.5 Å². The molecule has 8 nitrogen and oxygen atoms in total. The fourth-order valence-electron chi connectivity index (χ4n) is 4.99. The molecule has 5 heterocycles. The van der Waals surface area contributed by atoms with Gasteiger partial charge in [-0.3, -0.25) is 9.78 Å². The molecule has 1 aliphatic heterocycles. The Balaban J connectivity index is 0.00000137. The Morgan fingerprint density at radius 3 is 2.76 bits per heavy atom. The quantitative estimate of drug-likeness (QED) is 0.359. The highest BCUT2D eigenvalue weighted by atomic mass is 32.1. The largest absolute Gasteiger partial charge is 0.356 e. The van der Waals surface area contributed by atoms with Gasteiger partial charge in [-0.15, -0.1) is 11.3 Å². The summed E-state index contributed by atoms with van der Waals surface area (Å²) in [6.07, 6.45) is 12.9. The number of rotatable bonds is 5. The molecule has 6 rings (SSSR count). The average Bonchev–Trinajstić information content (AvgIpc) is 3.58. The zero-order valence-corrected chi connectivity index (χ0v) is 22.6. The first kappa shape index (κ1) is 25.5. The SMILES string of the molecule is CC.Cc1cc(-c2ncnc3c2cnn3C2CCCCO2)cnc1CNC(=O)c1cc2c(s1)CCCC2. The minimum atomic E-state index is -0.0799. The number of aryl methyl sites for hydroxylation is 3. The van der Waals surface area contributed by atoms with Crippen LogP contribution in [-0.4, -0.2) is 37.2 Å². The van der Waals surface area contributed by atoms with Crippen LogP contribution < -0.4 is 5.32 Å². The molecule has 9 heteroatoms. The summed E-state index contributed by atoms with van der Waals surface area (Å²) in [4.78, 5) is 28.6. The third kappa shape index (κ3) is 5.29. The van der Waals surface area contributed by atoms with Gasteiger partial charge in [0.1, 0.15) is 6.33 Å². The van der Waals surface area contributed by atoms with Crippen molar-refractivity contribution in [3.8, 4) is 11.3 Å². The first-order valence-corrected chi connectivity index (χ1v) is 14.1. The van der Waals surface area contributed by atoms with Gasteiger partial charge in [0, 0.05) is 23.2 Å². The maximum atomic E-state index is 12.7. The number of pyridine rings is 1. The van der Waals surface area contributed by atoms with Gasteiger partial charge in [-0.25, -0.2) is 14.6 Å². The van der Waals surface area contributed by atoms with Gasteiger partial charge in [0.15, 0.2) is 11.9 Å². The Morgan fingerprint density at radius 1 is 1.11 bits per heavy atom. The standard InChI is InChI=1S/C26H28N6O2S.C2H6/c1-16-10-18(24-19-13-31-32(25(19)30-15-29-24)23-8-4-5-9-34-23)12-27-20(16)14-28-26(33)22-11-17-6-2-3-7-21(17)35-22;1-2/h10-13,15,23H,2-9,14H2,1H3,(H,28,33);1-2H3. The fourth-order valence-corrected chi connectivity index (χ4v) is 6.16. The minimum Gasteiger partial charge on any atom is -0.356 e. The van der Waals surface area contributed by atoms with Crippen molar-refractivity contribution in [1.82, 2.24) is 30.0 Å². The van der Waals surface area contributed by atoms with Crippen molar-refractivity contribution >= 4 is 28.3 Å². The number of hydrogen-bond donors (Lipinski definition) is 1. The summed E-state index contributed by atoms with van der Waals surface area (Å²) < 4.78 is 7.77. The maximum absolute atomic E-state index is 12.7. The molecule has 1 N–H and O–H groups in total. The lowest BCUT2D eigenvalue weighted by atomic mass is 9.99. The molecule has 0 aromatic carbocycles. The molecule has 1 saturated heterocycles. The average molecular weight is 519 g/mol. The summed E-state index contributed by atoms with van der Waals surface area (Å²) in [5, 5.41) is 8.50. The van der Waals surface area contributed by atoms with Crippen LogP contribution in [0.2, 0.25) is 0 Å². The monoisotopic (exact) mass is 518 g/mol. The summed E-state index contributed by atoms with van der Waals surface area (Å²) in [7, 11) is 0. The van der Waals surface area contributed by atoms with Gasteiger partial charge in [0.2, 0.25) is 0 Å². The van der Waals surface area contributed by atoms with Crippen LogP contribution in [0.25, 0.3) is 22.3 Å².